The second-order valence-corrected chi connectivity index (χ2v) is 2.32. The number of hydrogen-bond donors (Lipinski definition) is 0. The van der Waals surface area contributed by atoms with E-state index in [-0.39, 0.29) is 17.9 Å². The third-order valence-electron chi connectivity index (χ3n) is 0.927. The lowest BCUT2D eigenvalue weighted by molar-refractivity contribution is -0.128. The van der Waals surface area contributed by atoms with Gasteiger partial charge in [-0.3, -0.25) is 9.59 Å². The molecular formula is C7H13BrO4. The maximum Gasteiger partial charge on any atom is 0.205 e. The highest BCUT2D eigenvalue weighted by Crippen LogP contribution is 1.83. The van der Waals surface area contributed by atoms with Gasteiger partial charge in [-0.25, -0.2) is 0 Å². The van der Waals surface area contributed by atoms with Gasteiger partial charge < -0.3 is 9.47 Å². The van der Waals surface area contributed by atoms with E-state index in [1.807, 2.05) is 6.92 Å². The number of methoxy groups -OCH3 is 2. The molecular weight excluding hydrogens is 228 g/mol. The van der Waals surface area contributed by atoms with Crippen molar-refractivity contribution in [2.24, 2.45) is 0 Å². The fraction of sp³-hybridized carbons (Fsp3) is 0.714. The molecule has 0 atom stereocenters. The molecule has 0 N–H and O–H groups in total. The van der Waals surface area contributed by atoms with Crippen molar-refractivity contribution in [1.29, 1.82) is 0 Å². The summed E-state index contributed by atoms with van der Waals surface area (Å²) < 4.78 is 9.35. The normalized spacial score (nSPS) is 8.75. The number of carbonyl (C=O) groups excluding carboxylic acids is 2. The van der Waals surface area contributed by atoms with Crippen LogP contribution >= 0.6 is 15.9 Å². The van der Waals surface area contributed by atoms with E-state index in [4.69, 9.17) is 0 Å². The molecule has 4 nitrogen and oxygen atoms in total. The SMILES string of the molecule is COC(C)OC.O=CC(=O)CBr. The summed E-state index contributed by atoms with van der Waals surface area (Å²) in [6.45, 7) is 1.83. The van der Waals surface area contributed by atoms with Crippen LogP contribution in [0.5, 0.6) is 0 Å². The fourth-order valence-electron chi connectivity index (χ4n) is 0.128. The molecule has 0 fully saturated rings. The first kappa shape index (κ1) is 14.3. The van der Waals surface area contributed by atoms with Crippen LogP contribution in [0.4, 0.5) is 0 Å². The number of halogens is 1. The molecule has 0 radical (unpaired) electrons. The van der Waals surface area contributed by atoms with Gasteiger partial charge in [0.25, 0.3) is 0 Å². The maximum atomic E-state index is 9.77. The highest BCUT2D eigenvalue weighted by atomic mass is 79.9. The number of hydrogen-bond acceptors (Lipinski definition) is 4. The summed E-state index contributed by atoms with van der Waals surface area (Å²) in [6, 6.07) is 0. The Morgan fingerprint density at radius 1 is 1.50 bits per heavy atom. The summed E-state index contributed by atoms with van der Waals surface area (Å²) >= 11 is 2.79. The first-order chi connectivity index (χ1) is 5.62. The van der Waals surface area contributed by atoms with Crippen molar-refractivity contribution in [1.82, 2.24) is 0 Å². The molecule has 0 aromatic rings. The number of ketones is 1. The van der Waals surface area contributed by atoms with Gasteiger partial charge in [-0.05, 0) is 6.92 Å². The van der Waals surface area contributed by atoms with Gasteiger partial charge in [0.2, 0.25) is 5.78 Å². The molecule has 0 saturated heterocycles. The molecule has 0 spiro atoms. The van der Waals surface area contributed by atoms with Gasteiger partial charge in [-0.1, -0.05) is 15.9 Å². The first-order valence-electron chi connectivity index (χ1n) is 3.21. The van der Waals surface area contributed by atoms with Gasteiger partial charge in [0.1, 0.15) is 0 Å². The van der Waals surface area contributed by atoms with E-state index >= 15 is 0 Å². The molecule has 0 aliphatic rings. The van der Waals surface area contributed by atoms with Gasteiger partial charge in [-0.15, -0.1) is 0 Å². The first-order valence-corrected chi connectivity index (χ1v) is 4.34. The van der Waals surface area contributed by atoms with Gasteiger partial charge >= 0.3 is 0 Å². The smallest absolute Gasteiger partial charge is 0.205 e. The minimum Gasteiger partial charge on any atom is -0.356 e. The third kappa shape index (κ3) is 12.4. The Hall–Kier alpha value is -0.260. The van der Waals surface area contributed by atoms with Crippen LogP contribution in [-0.2, 0) is 19.1 Å². The van der Waals surface area contributed by atoms with E-state index in [0.29, 0.717) is 0 Å². The molecule has 0 unspecified atom stereocenters. The molecule has 0 aromatic heterocycles. The maximum absolute atomic E-state index is 9.77. The standard InChI is InChI=1S/C4H10O2.C3H3BrO2/c1-4(5-2)6-3;4-1-3(6)2-5/h4H,1-3H3;2H,1H2. The summed E-state index contributed by atoms with van der Waals surface area (Å²) in [5.74, 6) is -0.421. The topological polar surface area (TPSA) is 52.6 Å². The van der Waals surface area contributed by atoms with Crippen molar-refractivity contribution in [3.63, 3.8) is 0 Å². The lowest BCUT2D eigenvalue weighted by Crippen LogP contribution is -2.05. The van der Waals surface area contributed by atoms with Gasteiger partial charge in [-0.2, -0.15) is 0 Å². The highest BCUT2D eigenvalue weighted by Gasteiger charge is 1.89. The minimum absolute atomic E-state index is 0.0648. The quantitative estimate of drug-likeness (QED) is 0.316. The van der Waals surface area contributed by atoms with E-state index in [9.17, 15) is 9.59 Å². The number of Topliss-reactive ketones (excluding diaryl/α,β-unsaturated/α-hetero) is 1. The number of alkyl halides is 1. The monoisotopic (exact) mass is 240 g/mol. The van der Waals surface area contributed by atoms with Crippen LogP contribution in [0.15, 0.2) is 0 Å². The summed E-state index contributed by atoms with van der Waals surface area (Å²) in [4.78, 5) is 19.1. The fourth-order valence-corrected chi connectivity index (χ4v) is 0.260. The Balaban J connectivity index is 0. The zero-order chi connectivity index (χ0) is 9.98. The molecule has 12 heavy (non-hydrogen) atoms. The molecule has 0 saturated carbocycles. The third-order valence-corrected chi connectivity index (χ3v) is 1.48. The highest BCUT2D eigenvalue weighted by molar-refractivity contribution is 9.09. The van der Waals surface area contributed by atoms with Crippen molar-refractivity contribution in [2.75, 3.05) is 19.5 Å². The Bertz CT molecular complexity index is 123. The van der Waals surface area contributed by atoms with E-state index in [2.05, 4.69) is 25.4 Å². The molecule has 0 aliphatic carbocycles. The molecule has 72 valence electrons. The molecule has 0 bridgehead atoms. The average molecular weight is 241 g/mol. The van der Waals surface area contributed by atoms with Crippen molar-refractivity contribution < 1.29 is 19.1 Å². The van der Waals surface area contributed by atoms with Crippen LogP contribution < -0.4 is 0 Å². The van der Waals surface area contributed by atoms with E-state index in [0.717, 1.165) is 0 Å². The molecule has 5 heteroatoms. The van der Waals surface area contributed by atoms with Gasteiger partial charge in [0.15, 0.2) is 12.6 Å². The van der Waals surface area contributed by atoms with Gasteiger partial charge in [0.05, 0.1) is 5.33 Å². The summed E-state index contributed by atoms with van der Waals surface area (Å²) in [6.07, 6.45) is 0.222. The predicted octanol–water partition coefficient (Wildman–Crippen LogP) is 0.774. The Kier molecular flexibility index (Phi) is 12.8. The zero-order valence-corrected chi connectivity index (χ0v) is 8.96. The summed E-state index contributed by atoms with van der Waals surface area (Å²) in [5, 5.41) is 0.135. The zero-order valence-electron chi connectivity index (χ0n) is 7.37. The van der Waals surface area contributed by atoms with Crippen molar-refractivity contribution in [3.05, 3.63) is 0 Å². The lowest BCUT2D eigenvalue weighted by Gasteiger charge is -2.03. The number of ether oxygens (including phenoxy) is 2. The minimum atomic E-state index is -0.421. The Labute approximate surface area is 80.4 Å². The second kappa shape index (κ2) is 10.7. The lowest BCUT2D eigenvalue weighted by atomic mass is 10.5. The van der Waals surface area contributed by atoms with Crippen LogP contribution in [0.25, 0.3) is 0 Å². The Morgan fingerprint density at radius 2 is 1.92 bits per heavy atom. The van der Waals surface area contributed by atoms with Crippen molar-refractivity contribution in [2.45, 2.75) is 13.2 Å². The molecule has 0 rings (SSSR count). The number of carbonyl (C=O) groups is 2. The van der Waals surface area contributed by atoms with E-state index < -0.39 is 5.78 Å². The molecule has 0 aromatic carbocycles. The van der Waals surface area contributed by atoms with Gasteiger partial charge in [0, 0.05) is 14.2 Å². The molecule has 0 amide bonds. The summed E-state index contributed by atoms with van der Waals surface area (Å²) in [7, 11) is 3.21. The summed E-state index contributed by atoms with van der Waals surface area (Å²) in [5.41, 5.74) is 0. The Morgan fingerprint density at radius 3 is 1.92 bits per heavy atom. The predicted molar refractivity (Wildman–Crippen MR) is 48.3 cm³/mol. The number of aldehydes is 1. The largest absolute Gasteiger partial charge is 0.356 e. The van der Waals surface area contributed by atoms with Crippen LogP contribution in [0, 0.1) is 0 Å². The van der Waals surface area contributed by atoms with Crippen molar-refractivity contribution in [3.8, 4) is 0 Å². The van der Waals surface area contributed by atoms with Crippen molar-refractivity contribution >= 4 is 28.0 Å². The van der Waals surface area contributed by atoms with Crippen LogP contribution in [-0.4, -0.2) is 37.9 Å². The van der Waals surface area contributed by atoms with Crippen LogP contribution in [0.1, 0.15) is 6.92 Å². The molecule has 0 aliphatic heterocycles. The second-order valence-electron chi connectivity index (χ2n) is 1.76. The average Bonchev–Trinajstić information content (AvgIpc) is 2.16. The molecule has 0 heterocycles. The van der Waals surface area contributed by atoms with E-state index in [1.54, 1.807) is 14.2 Å². The van der Waals surface area contributed by atoms with Crippen LogP contribution in [0.2, 0.25) is 0 Å². The number of rotatable bonds is 4. The van der Waals surface area contributed by atoms with E-state index in [1.165, 1.54) is 0 Å². The van der Waals surface area contributed by atoms with Crippen LogP contribution in [0.3, 0.4) is 0 Å².